The molecule has 5 atom stereocenters. The molecule has 4 rings (SSSR count). The molecule has 1 aromatic carbocycles. The second-order valence-electron chi connectivity index (χ2n) is 16.4. The van der Waals surface area contributed by atoms with Gasteiger partial charge in [0.05, 0.1) is 12.1 Å². The number of carbonyl (C=O) groups is 3. The zero-order chi connectivity index (χ0) is 39.3. The Kier molecular flexibility index (Phi) is 17.7. The van der Waals surface area contributed by atoms with E-state index in [9.17, 15) is 27.9 Å². The summed E-state index contributed by atoms with van der Waals surface area (Å²) in [6.45, 7) is 10.8. The van der Waals surface area contributed by atoms with Crippen molar-refractivity contribution in [2.45, 2.75) is 135 Å². The van der Waals surface area contributed by atoms with Gasteiger partial charge in [-0.2, -0.15) is 17.0 Å². The van der Waals surface area contributed by atoms with Gasteiger partial charge in [0.2, 0.25) is 17.7 Å². The number of aliphatic hydroxyl groups excluding tert-OH is 1. The molecule has 0 spiro atoms. The molecule has 1 saturated carbocycles. The van der Waals surface area contributed by atoms with Crippen LogP contribution in [0.25, 0.3) is 0 Å². The molecule has 3 amide bonds. The van der Waals surface area contributed by atoms with Crippen LogP contribution in [0.2, 0.25) is 0 Å². The minimum Gasteiger partial charge on any atom is -0.391 e. The average Bonchev–Trinajstić information content (AvgIpc) is 3.15. The number of unbranched alkanes of at least 4 members (excludes halogenated alkanes) is 2. The molecule has 0 bridgehead atoms. The molecule has 3 aliphatic rings. The van der Waals surface area contributed by atoms with Gasteiger partial charge in [-0.1, -0.05) is 109 Å². The minimum absolute atomic E-state index is 0.00204. The van der Waals surface area contributed by atoms with E-state index in [4.69, 9.17) is 0 Å². The zero-order valence-electron chi connectivity index (χ0n) is 33.8. The Labute approximate surface area is 326 Å². The second kappa shape index (κ2) is 21.6. The molecule has 2 heterocycles. The molecule has 2 aliphatic heterocycles. The zero-order valence-corrected chi connectivity index (χ0v) is 34.6. The molecule has 2 saturated heterocycles. The van der Waals surface area contributed by atoms with Crippen molar-refractivity contribution >= 4 is 27.9 Å². The summed E-state index contributed by atoms with van der Waals surface area (Å²) in [5.74, 6) is -0.813. The Morgan fingerprint density at radius 3 is 2.20 bits per heavy atom. The number of carbonyl (C=O) groups excluding carboxylic acids is 3. The Morgan fingerprint density at radius 2 is 1.57 bits per heavy atom. The van der Waals surface area contributed by atoms with Crippen molar-refractivity contribution in [1.29, 1.82) is 0 Å². The highest BCUT2D eigenvalue weighted by molar-refractivity contribution is 7.86. The predicted molar refractivity (Wildman–Crippen MR) is 214 cm³/mol. The van der Waals surface area contributed by atoms with Crippen LogP contribution in [-0.2, 0) is 31.0 Å². The maximum Gasteiger partial charge on any atom is 0.282 e. The van der Waals surface area contributed by atoms with Crippen molar-refractivity contribution in [2.75, 3.05) is 52.9 Å². The molecule has 54 heavy (non-hydrogen) atoms. The highest BCUT2D eigenvalue weighted by Crippen LogP contribution is 2.31. The first kappa shape index (κ1) is 44.1. The molecule has 13 heteroatoms. The molecule has 0 radical (unpaired) electrons. The third kappa shape index (κ3) is 12.2. The first-order valence-electron chi connectivity index (χ1n) is 20.9. The number of benzene rings is 1. The van der Waals surface area contributed by atoms with E-state index in [0.29, 0.717) is 57.9 Å². The van der Waals surface area contributed by atoms with Gasteiger partial charge in [0, 0.05) is 51.7 Å². The van der Waals surface area contributed by atoms with E-state index in [1.807, 2.05) is 58.2 Å². The Bertz CT molecular complexity index is 1420. The van der Waals surface area contributed by atoms with Gasteiger partial charge in [-0.05, 0) is 56.6 Å². The predicted octanol–water partition coefficient (Wildman–Crippen LogP) is 4.19. The molecule has 0 unspecified atom stereocenters. The number of nitrogens with one attached hydrogen (secondary N) is 2. The second-order valence-corrected chi connectivity index (χ2v) is 18.3. The van der Waals surface area contributed by atoms with E-state index >= 15 is 0 Å². The largest absolute Gasteiger partial charge is 0.391 e. The van der Waals surface area contributed by atoms with Crippen molar-refractivity contribution in [3.63, 3.8) is 0 Å². The Hall–Kier alpha value is -2.58. The van der Waals surface area contributed by atoms with E-state index in [1.54, 1.807) is 4.90 Å². The van der Waals surface area contributed by atoms with Gasteiger partial charge in [-0.25, -0.2) is 0 Å². The number of aliphatic hydroxyl groups is 1. The Morgan fingerprint density at radius 1 is 0.907 bits per heavy atom. The lowest BCUT2D eigenvalue weighted by molar-refractivity contribution is -0.148. The number of hydrogen-bond donors (Lipinski definition) is 3. The summed E-state index contributed by atoms with van der Waals surface area (Å²) >= 11 is 0. The molecular formula is C41H70N6O6S. The SMILES string of the molecule is CCCCNC(=O)[C@@H](C[C@H](O)[C@H](CC1CCCCC1)NC(=O)[C@H](CCCC)N1CCN(S(=O)(=O)N2CCN(C)CC2)[C@@H](Cc2ccccc2)C1=O)C(C)C. The van der Waals surface area contributed by atoms with Crippen LogP contribution >= 0.6 is 0 Å². The third-order valence-electron chi connectivity index (χ3n) is 11.9. The van der Waals surface area contributed by atoms with Crippen LogP contribution in [-0.4, -0.2) is 127 Å². The molecule has 1 aromatic rings. The van der Waals surface area contributed by atoms with Crippen molar-refractivity contribution < 1.29 is 27.9 Å². The molecule has 3 N–H and O–H groups in total. The number of piperazine rings is 2. The summed E-state index contributed by atoms with van der Waals surface area (Å²) in [5.41, 5.74) is 0.847. The van der Waals surface area contributed by atoms with Gasteiger partial charge in [0.25, 0.3) is 10.2 Å². The summed E-state index contributed by atoms with van der Waals surface area (Å²) in [5, 5.41) is 18.1. The number of hydrogen-bond acceptors (Lipinski definition) is 7. The summed E-state index contributed by atoms with van der Waals surface area (Å²) in [7, 11) is -1.98. The van der Waals surface area contributed by atoms with Crippen LogP contribution < -0.4 is 10.6 Å². The first-order chi connectivity index (χ1) is 25.9. The molecule has 3 fully saturated rings. The fourth-order valence-corrected chi connectivity index (χ4v) is 10.1. The maximum absolute atomic E-state index is 14.7. The van der Waals surface area contributed by atoms with Gasteiger partial charge in [-0.15, -0.1) is 0 Å². The number of rotatable bonds is 20. The van der Waals surface area contributed by atoms with Crippen LogP contribution in [0.3, 0.4) is 0 Å². The first-order valence-corrected chi connectivity index (χ1v) is 22.3. The third-order valence-corrected chi connectivity index (χ3v) is 14.0. The van der Waals surface area contributed by atoms with Crippen LogP contribution in [0, 0.1) is 17.8 Å². The number of amides is 3. The van der Waals surface area contributed by atoms with Gasteiger partial charge < -0.3 is 25.5 Å². The number of nitrogens with zero attached hydrogens (tertiary/aromatic N) is 4. The van der Waals surface area contributed by atoms with Gasteiger partial charge >= 0.3 is 0 Å². The molecular weight excluding hydrogens is 705 g/mol. The molecule has 306 valence electrons. The maximum atomic E-state index is 14.7. The quantitative estimate of drug-likeness (QED) is 0.169. The summed E-state index contributed by atoms with van der Waals surface area (Å²) in [4.78, 5) is 46.2. The van der Waals surface area contributed by atoms with E-state index < -0.39 is 40.4 Å². The van der Waals surface area contributed by atoms with Gasteiger partial charge in [-0.3, -0.25) is 14.4 Å². The number of likely N-dealkylation sites (N-methyl/N-ethyl adjacent to an activating group) is 1. The van der Waals surface area contributed by atoms with E-state index in [1.165, 1.54) is 15.0 Å². The highest BCUT2D eigenvalue weighted by atomic mass is 32.2. The molecule has 1 aliphatic carbocycles. The standard InChI is InChI=1S/C41H70N6O6S/c1-6-8-20-36(40(50)43-35(28-32-16-12-10-13-17-32)38(48)30-34(31(3)4)39(49)42-21-9-7-2)46-26-27-47(54(52,53)45-24-22-44(5)23-25-45)37(41(46)51)29-33-18-14-11-15-19-33/h11,14-15,18-19,31-32,34-38,48H,6-10,12-13,16-17,20-30H2,1-5H3,(H,42,49)(H,43,50)/t34-,35-,36-,37-,38-/m0/s1. The normalized spacial score (nSPS) is 22.2. The van der Waals surface area contributed by atoms with Gasteiger partial charge in [0.1, 0.15) is 12.1 Å². The van der Waals surface area contributed by atoms with Crippen LogP contribution in [0.5, 0.6) is 0 Å². The van der Waals surface area contributed by atoms with E-state index in [2.05, 4.69) is 22.5 Å². The fraction of sp³-hybridized carbons (Fsp3) is 0.780. The fourth-order valence-electron chi connectivity index (χ4n) is 8.39. The van der Waals surface area contributed by atoms with E-state index in [0.717, 1.165) is 50.5 Å². The van der Waals surface area contributed by atoms with Crippen molar-refractivity contribution in [2.24, 2.45) is 17.8 Å². The van der Waals surface area contributed by atoms with Crippen molar-refractivity contribution in [3.8, 4) is 0 Å². The highest BCUT2D eigenvalue weighted by Gasteiger charge is 2.47. The lowest BCUT2D eigenvalue weighted by Crippen LogP contribution is -2.66. The Balaban J connectivity index is 1.60. The lowest BCUT2D eigenvalue weighted by Gasteiger charge is -2.45. The topological polar surface area (TPSA) is 143 Å². The van der Waals surface area contributed by atoms with Gasteiger partial charge in [0.15, 0.2) is 0 Å². The summed E-state index contributed by atoms with van der Waals surface area (Å²) in [6.07, 6.45) is 9.40. The molecule has 12 nitrogen and oxygen atoms in total. The molecule has 0 aromatic heterocycles. The van der Waals surface area contributed by atoms with Crippen LogP contribution in [0.1, 0.15) is 110 Å². The van der Waals surface area contributed by atoms with E-state index in [-0.39, 0.29) is 49.6 Å². The monoisotopic (exact) mass is 775 g/mol. The van der Waals surface area contributed by atoms with Crippen LogP contribution in [0.4, 0.5) is 0 Å². The lowest BCUT2D eigenvalue weighted by atomic mass is 9.81. The van der Waals surface area contributed by atoms with Crippen LogP contribution in [0.15, 0.2) is 30.3 Å². The average molecular weight is 775 g/mol. The minimum atomic E-state index is -3.95. The van der Waals surface area contributed by atoms with Crippen molar-refractivity contribution in [1.82, 2.24) is 29.0 Å². The summed E-state index contributed by atoms with van der Waals surface area (Å²) in [6, 6.07) is 7.07. The summed E-state index contributed by atoms with van der Waals surface area (Å²) < 4.78 is 31.2. The van der Waals surface area contributed by atoms with Crippen molar-refractivity contribution in [3.05, 3.63) is 35.9 Å². The smallest absolute Gasteiger partial charge is 0.282 e.